The summed E-state index contributed by atoms with van der Waals surface area (Å²) < 4.78 is 2.88. The van der Waals surface area contributed by atoms with E-state index in [1.54, 1.807) is 6.07 Å². The third kappa shape index (κ3) is 2.59. The summed E-state index contributed by atoms with van der Waals surface area (Å²) in [5.41, 5.74) is 3.60. The SMILES string of the molecule is CCc1cc(Br)ccc1-c1ccc(C(=O)O)n1CC. The van der Waals surface area contributed by atoms with Crippen molar-refractivity contribution in [2.24, 2.45) is 0 Å². The van der Waals surface area contributed by atoms with E-state index in [0.717, 1.165) is 22.2 Å². The maximum absolute atomic E-state index is 11.2. The second-order valence-electron chi connectivity index (χ2n) is 4.31. The standard InChI is InChI=1S/C15H16BrNO2/c1-3-10-9-11(16)5-6-12(10)13-7-8-14(15(18)19)17(13)4-2/h5-9H,3-4H2,1-2H3,(H,18,19). The molecule has 0 atom stereocenters. The van der Waals surface area contributed by atoms with E-state index in [4.69, 9.17) is 0 Å². The first kappa shape index (κ1) is 13.9. The number of aromatic nitrogens is 1. The lowest BCUT2D eigenvalue weighted by molar-refractivity contribution is 0.0685. The Balaban J connectivity index is 2.62. The smallest absolute Gasteiger partial charge is 0.352 e. The summed E-state index contributed by atoms with van der Waals surface area (Å²) in [4.78, 5) is 11.2. The van der Waals surface area contributed by atoms with Crippen molar-refractivity contribution < 1.29 is 9.90 Å². The molecule has 3 nitrogen and oxygen atoms in total. The zero-order valence-corrected chi connectivity index (χ0v) is 12.6. The molecule has 0 aliphatic rings. The van der Waals surface area contributed by atoms with Gasteiger partial charge in [-0.3, -0.25) is 0 Å². The number of carboxylic acid groups (broad SMARTS) is 1. The topological polar surface area (TPSA) is 42.2 Å². The second-order valence-corrected chi connectivity index (χ2v) is 5.22. The van der Waals surface area contributed by atoms with Gasteiger partial charge in [-0.2, -0.15) is 0 Å². The molecule has 0 radical (unpaired) electrons. The van der Waals surface area contributed by atoms with Crippen LogP contribution in [0.25, 0.3) is 11.3 Å². The molecule has 4 heteroatoms. The number of rotatable bonds is 4. The number of benzene rings is 1. The highest BCUT2D eigenvalue weighted by atomic mass is 79.9. The quantitative estimate of drug-likeness (QED) is 0.917. The highest BCUT2D eigenvalue weighted by Gasteiger charge is 2.15. The molecular formula is C15H16BrNO2. The maximum atomic E-state index is 11.2. The van der Waals surface area contributed by atoms with Crippen LogP contribution in [0, 0.1) is 0 Å². The first-order valence-corrected chi connectivity index (χ1v) is 7.09. The summed E-state index contributed by atoms with van der Waals surface area (Å²) >= 11 is 3.47. The van der Waals surface area contributed by atoms with Crippen LogP contribution in [0.5, 0.6) is 0 Å². The van der Waals surface area contributed by atoms with Crippen LogP contribution in [0.4, 0.5) is 0 Å². The monoisotopic (exact) mass is 321 g/mol. The first-order valence-electron chi connectivity index (χ1n) is 6.30. The van der Waals surface area contributed by atoms with Crippen LogP contribution in [-0.2, 0) is 13.0 Å². The van der Waals surface area contributed by atoms with Crippen LogP contribution < -0.4 is 0 Å². The molecule has 0 aliphatic carbocycles. The molecule has 1 aromatic heterocycles. The van der Waals surface area contributed by atoms with Crippen molar-refractivity contribution >= 4 is 21.9 Å². The van der Waals surface area contributed by atoms with E-state index < -0.39 is 5.97 Å². The van der Waals surface area contributed by atoms with E-state index in [1.807, 2.05) is 29.7 Å². The minimum atomic E-state index is -0.886. The number of carboxylic acids is 1. The Labute approximate surface area is 121 Å². The van der Waals surface area contributed by atoms with Gasteiger partial charge in [0.2, 0.25) is 0 Å². The van der Waals surface area contributed by atoms with Crippen molar-refractivity contribution in [3.05, 3.63) is 46.1 Å². The summed E-state index contributed by atoms with van der Waals surface area (Å²) in [6.07, 6.45) is 0.909. The lowest BCUT2D eigenvalue weighted by Crippen LogP contribution is -2.08. The van der Waals surface area contributed by atoms with Crippen molar-refractivity contribution in [3.8, 4) is 11.3 Å². The largest absolute Gasteiger partial charge is 0.477 e. The number of aryl methyl sites for hydroxylation is 1. The lowest BCUT2D eigenvalue weighted by Gasteiger charge is -2.13. The molecule has 0 bridgehead atoms. The maximum Gasteiger partial charge on any atom is 0.352 e. The van der Waals surface area contributed by atoms with Crippen LogP contribution in [0.3, 0.4) is 0 Å². The van der Waals surface area contributed by atoms with Crippen LogP contribution in [0.1, 0.15) is 29.9 Å². The number of halogens is 1. The lowest BCUT2D eigenvalue weighted by atomic mass is 10.0. The van der Waals surface area contributed by atoms with Crippen LogP contribution in [-0.4, -0.2) is 15.6 Å². The zero-order chi connectivity index (χ0) is 14.0. The summed E-state index contributed by atoms with van der Waals surface area (Å²) in [6.45, 7) is 4.70. The first-order chi connectivity index (χ1) is 9.08. The van der Waals surface area contributed by atoms with Gasteiger partial charge in [-0.15, -0.1) is 0 Å². The number of hydrogen-bond acceptors (Lipinski definition) is 1. The van der Waals surface area contributed by atoms with Crippen molar-refractivity contribution in [2.45, 2.75) is 26.8 Å². The fourth-order valence-corrected chi connectivity index (χ4v) is 2.74. The van der Waals surface area contributed by atoms with Gasteiger partial charge in [0.25, 0.3) is 0 Å². The Kier molecular flexibility index (Phi) is 4.10. The molecule has 0 saturated heterocycles. The van der Waals surface area contributed by atoms with Crippen LogP contribution >= 0.6 is 15.9 Å². The van der Waals surface area contributed by atoms with E-state index in [1.165, 1.54) is 5.56 Å². The van der Waals surface area contributed by atoms with Gasteiger partial charge in [0.05, 0.1) is 0 Å². The molecule has 2 rings (SSSR count). The average Bonchev–Trinajstić information content (AvgIpc) is 2.82. The molecule has 0 saturated carbocycles. The molecule has 1 N–H and O–H groups in total. The molecule has 0 unspecified atom stereocenters. The van der Waals surface area contributed by atoms with E-state index in [-0.39, 0.29) is 0 Å². The van der Waals surface area contributed by atoms with E-state index >= 15 is 0 Å². The normalized spacial score (nSPS) is 10.7. The Morgan fingerprint density at radius 3 is 2.58 bits per heavy atom. The highest BCUT2D eigenvalue weighted by Crippen LogP contribution is 2.29. The fourth-order valence-electron chi connectivity index (χ4n) is 2.33. The van der Waals surface area contributed by atoms with Crippen LogP contribution in [0.15, 0.2) is 34.8 Å². The van der Waals surface area contributed by atoms with Gasteiger partial charge in [0.15, 0.2) is 0 Å². The Hall–Kier alpha value is -1.55. The van der Waals surface area contributed by atoms with Gasteiger partial charge < -0.3 is 9.67 Å². The molecule has 0 spiro atoms. The molecule has 0 aliphatic heterocycles. The zero-order valence-electron chi connectivity index (χ0n) is 11.0. The Bertz CT molecular complexity index is 617. The van der Waals surface area contributed by atoms with Crippen LogP contribution in [0.2, 0.25) is 0 Å². The Morgan fingerprint density at radius 1 is 1.26 bits per heavy atom. The average molecular weight is 322 g/mol. The molecule has 19 heavy (non-hydrogen) atoms. The third-order valence-corrected chi connectivity index (χ3v) is 3.73. The predicted molar refractivity (Wildman–Crippen MR) is 79.6 cm³/mol. The third-order valence-electron chi connectivity index (χ3n) is 3.24. The predicted octanol–water partition coefficient (Wildman–Crippen LogP) is 4.20. The second kappa shape index (κ2) is 5.61. The summed E-state index contributed by atoms with van der Waals surface area (Å²) in [5, 5.41) is 9.20. The molecule has 0 amide bonds. The summed E-state index contributed by atoms with van der Waals surface area (Å²) in [5.74, 6) is -0.886. The van der Waals surface area contributed by atoms with Gasteiger partial charge in [-0.05, 0) is 43.2 Å². The number of aromatic carboxylic acids is 1. The number of carbonyl (C=O) groups is 1. The molecule has 0 fully saturated rings. The van der Waals surface area contributed by atoms with Gasteiger partial charge >= 0.3 is 5.97 Å². The molecule has 100 valence electrons. The molecule has 1 aromatic carbocycles. The van der Waals surface area contributed by atoms with Crippen molar-refractivity contribution in [3.63, 3.8) is 0 Å². The van der Waals surface area contributed by atoms with E-state index in [2.05, 4.69) is 28.9 Å². The molecule has 2 aromatic rings. The number of hydrogen-bond donors (Lipinski definition) is 1. The van der Waals surface area contributed by atoms with E-state index in [0.29, 0.717) is 12.2 Å². The summed E-state index contributed by atoms with van der Waals surface area (Å²) in [6, 6.07) is 9.67. The van der Waals surface area contributed by atoms with Crippen molar-refractivity contribution in [1.82, 2.24) is 4.57 Å². The van der Waals surface area contributed by atoms with Crippen molar-refractivity contribution in [1.29, 1.82) is 0 Å². The highest BCUT2D eigenvalue weighted by molar-refractivity contribution is 9.10. The van der Waals surface area contributed by atoms with Gasteiger partial charge in [-0.25, -0.2) is 4.79 Å². The number of nitrogens with zero attached hydrogens (tertiary/aromatic N) is 1. The van der Waals surface area contributed by atoms with Gasteiger partial charge in [0.1, 0.15) is 5.69 Å². The Morgan fingerprint density at radius 2 is 2.00 bits per heavy atom. The minimum absolute atomic E-state index is 0.336. The summed E-state index contributed by atoms with van der Waals surface area (Å²) in [7, 11) is 0. The minimum Gasteiger partial charge on any atom is -0.477 e. The van der Waals surface area contributed by atoms with E-state index in [9.17, 15) is 9.90 Å². The molecule has 1 heterocycles. The fraction of sp³-hybridized carbons (Fsp3) is 0.267. The van der Waals surface area contributed by atoms with Gasteiger partial charge in [0, 0.05) is 22.3 Å². The molecular weight excluding hydrogens is 306 g/mol. The van der Waals surface area contributed by atoms with Crippen molar-refractivity contribution in [2.75, 3.05) is 0 Å². The van der Waals surface area contributed by atoms with Gasteiger partial charge in [-0.1, -0.05) is 28.9 Å².